The van der Waals surface area contributed by atoms with Gasteiger partial charge in [0.1, 0.15) is 5.75 Å². The Kier molecular flexibility index (Phi) is 3.61. The number of benzene rings is 2. The largest absolute Gasteiger partial charge is 0.508 e. The minimum absolute atomic E-state index is 0.252. The van der Waals surface area contributed by atoms with Gasteiger partial charge in [0.2, 0.25) is 0 Å². The van der Waals surface area contributed by atoms with Gasteiger partial charge in [0, 0.05) is 5.92 Å². The number of phenols is 1. The lowest BCUT2D eigenvalue weighted by Gasteiger charge is -2.13. The fourth-order valence-electron chi connectivity index (χ4n) is 1.95. The molecule has 0 aromatic heterocycles. The number of allylic oxidation sites excluding steroid dienone is 2. The van der Waals surface area contributed by atoms with Crippen molar-refractivity contribution >= 4 is 0 Å². The Hall–Kier alpha value is -2.02. The van der Waals surface area contributed by atoms with Crippen LogP contribution in [0.3, 0.4) is 0 Å². The molecule has 1 nitrogen and oxygen atoms in total. The van der Waals surface area contributed by atoms with Crippen molar-refractivity contribution in [3.63, 3.8) is 0 Å². The van der Waals surface area contributed by atoms with E-state index < -0.39 is 0 Å². The van der Waals surface area contributed by atoms with Crippen molar-refractivity contribution in [1.29, 1.82) is 0 Å². The van der Waals surface area contributed by atoms with Crippen molar-refractivity contribution in [3.8, 4) is 5.75 Å². The van der Waals surface area contributed by atoms with E-state index in [4.69, 9.17) is 0 Å². The Morgan fingerprint density at radius 1 is 0.882 bits per heavy atom. The van der Waals surface area contributed by atoms with Crippen LogP contribution in [-0.2, 0) is 0 Å². The van der Waals surface area contributed by atoms with Crippen LogP contribution < -0.4 is 0 Å². The zero-order valence-electron chi connectivity index (χ0n) is 9.88. The quantitative estimate of drug-likeness (QED) is 0.778. The molecule has 2 rings (SSSR count). The molecule has 0 spiro atoms. The topological polar surface area (TPSA) is 20.2 Å². The van der Waals surface area contributed by atoms with Gasteiger partial charge in [-0.1, -0.05) is 54.6 Å². The highest BCUT2D eigenvalue weighted by atomic mass is 16.3. The molecule has 0 amide bonds. The Bertz CT molecular complexity index is 483. The second-order valence-electron chi connectivity index (χ2n) is 4.01. The highest BCUT2D eigenvalue weighted by molar-refractivity contribution is 5.38. The standard InChI is InChI=1S/C16H16O/c1-2-6-16(13-7-4-3-5-8-13)14-9-11-15(17)12-10-14/h2-12,16-17H,1H3/b6-2+. The van der Waals surface area contributed by atoms with Crippen LogP contribution in [0.5, 0.6) is 5.75 Å². The summed E-state index contributed by atoms with van der Waals surface area (Å²) in [6.07, 6.45) is 4.23. The van der Waals surface area contributed by atoms with Crippen LogP contribution in [0.4, 0.5) is 0 Å². The summed E-state index contributed by atoms with van der Waals surface area (Å²) < 4.78 is 0. The number of hydrogen-bond acceptors (Lipinski definition) is 1. The molecule has 0 aliphatic rings. The first-order valence-corrected chi connectivity index (χ1v) is 5.78. The van der Waals surface area contributed by atoms with E-state index in [1.54, 1.807) is 12.1 Å². The summed E-state index contributed by atoms with van der Waals surface area (Å²) in [5.41, 5.74) is 2.45. The van der Waals surface area contributed by atoms with Gasteiger partial charge in [-0.25, -0.2) is 0 Å². The Morgan fingerprint density at radius 3 is 2.06 bits per heavy atom. The summed E-state index contributed by atoms with van der Waals surface area (Å²) in [6, 6.07) is 17.8. The first kappa shape index (κ1) is 11.5. The molecule has 0 heterocycles. The van der Waals surface area contributed by atoms with E-state index in [1.807, 2.05) is 37.3 Å². The van der Waals surface area contributed by atoms with Crippen molar-refractivity contribution < 1.29 is 5.11 Å². The zero-order chi connectivity index (χ0) is 12.1. The third-order valence-corrected chi connectivity index (χ3v) is 2.80. The second kappa shape index (κ2) is 5.35. The van der Waals surface area contributed by atoms with E-state index in [0.29, 0.717) is 5.75 Å². The first-order valence-electron chi connectivity index (χ1n) is 5.78. The molecule has 17 heavy (non-hydrogen) atoms. The molecule has 0 aliphatic carbocycles. The lowest BCUT2D eigenvalue weighted by atomic mass is 9.91. The highest BCUT2D eigenvalue weighted by Gasteiger charge is 2.09. The van der Waals surface area contributed by atoms with Gasteiger partial charge in [-0.05, 0) is 30.2 Å². The molecule has 2 aromatic carbocycles. The van der Waals surface area contributed by atoms with Gasteiger partial charge in [0.25, 0.3) is 0 Å². The SMILES string of the molecule is C/C=C/C(c1ccccc1)c1ccc(O)cc1. The number of rotatable bonds is 3. The number of hydrogen-bond donors (Lipinski definition) is 1. The number of aromatic hydroxyl groups is 1. The summed E-state index contributed by atoms with van der Waals surface area (Å²) in [4.78, 5) is 0. The number of phenolic OH excluding ortho intramolecular Hbond substituents is 1. The fourth-order valence-corrected chi connectivity index (χ4v) is 1.95. The predicted octanol–water partition coefficient (Wildman–Crippen LogP) is 4.10. The summed E-state index contributed by atoms with van der Waals surface area (Å²) in [5.74, 6) is 0.558. The van der Waals surface area contributed by atoms with E-state index >= 15 is 0 Å². The molecule has 0 radical (unpaired) electrons. The molecule has 1 unspecified atom stereocenters. The van der Waals surface area contributed by atoms with E-state index in [9.17, 15) is 5.11 Å². The van der Waals surface area contributed by atoms with Crippen LogP contribution in [0.2, 0.25) is 0 Å². The molecular formula is C16H16O. The maximum absolute atomic E-state index is 9.32. The van der Waals surface area contributed by atoms with Crippen molar-refractivity contribution in [2.75, 3.05) is 0 Å². The zero-order valence-corrected chi connectivity index (χ0v) is 9.88. The minimum Gasteiger partial charge on any atom is -0.508 e. The van der Waals surface area contributed by atoms with Crippen molar-refractivity contribution in [3.05, 3.63) is 77.9 Å². The average Bonchev–Trinajstić information content (AvgIpc) is 2.38. The van der Waals surface area contributed by atoms with Gasteiger partial charge in [0.05, 0.1) is 0 Å². The Labute approximate surface area is 102 Å². The van der Waals surface area contributed by atoms with E-state index in [1.165, 1.54) is 11.1 Å². The molecule has 0 bridgehead atoms. The van der Waals surface area contributed by atoms with Crippen LogP contribution in [0, 0.1) is 0 Å². The normalized spacial score (nSPS) is 12.8. The lowest BCUT2D eigenvalue weighted by Crippen LogP contribution is -1.96. The van der Waals surface area contributed by atoms with Crippen LogP contribution in [-0.4, -0.2) is 5.11 Å². The molecule has 2 aromatic rings. The fraction of sp³-hybridized carbons (Fsp3) is 0.125. The Morgan fingerprint density at radius 2 is 1.47 bits per heavy atom. The van der Waals surface area contributed by atoms with Gasteiger partial charge in [0.15, 0.2) is 0 Å². The van der Waals surface area contributed by atoms with Crippen LogP contribution in [0.1, 0.15) is 24.0 Å². The molecule has 0 fully saturated rings. The first-order chi connectivity index (χ1) is 8.31. The predicted molar refractivity (Wildman–Crippen MR) is 71.2 cm³/mol. The van der Waals surface area contributed by atoms with Gasteiger partial charge in [-0.2, -0.15) is 0 Å². The molecule has 1 N–H and O–H groups in total. The maximum Gasteiger partial charge on any atom is 0.115 e. The smallest absolute Gasteiger partial charge is 0.115 e. The van der Waals surface area contributed by atoms with E-state index in [0.717, 1.165) is 0 Å². The second-order valence-corrected chi connectivity index (χ2v) is 4.01. The van der Waals surface area contributed by atoms with Crippen LogP contribution in [0.15, 0.2) is 66.7 Å². The van der Waals surface area contributed by atoms with Gasteiger partial charge in [-0.15, -0.1) is 0 Å². The average molecular weight is 224 g/mol. The van der Waals surface area contributed by atoms with E-state index in [-0.39, 0.29) is 5.92 Å². The molecule has 0 saturated heterocycles. The third-order valence-electron chi connectivity index (χ3n) is 2.80. The lowest BCUT2D eigenvalue weighted by molar-refractivity contribution is 0.475. The Balaban J connectivity index is 2.39. The third kappa shape index (κ3) is 2.76. The minimum atomic E-state index is 0.252. The molecular weight excluding hydrogens is 208 g/mol. The van der Waals surface area contributed by atoms with Gasteiger partial charge < -0.3 is 5.11 Å². The summed E-state index contributed by atoms with van der Waals surface area (Å²) in [7, 11) is 0. The summed E-state index contributed by atoms with van der Waals surface area (Å²) in [5, 5.41) is 9.32. The molecule has 86 valence electrons. The maximum atomic E-state index is 9.32. The molecule has 1 heteroatoms. The van der Waals surface area contributed by atoms with Gasteiger partial charge >= 0.3 is 0 Å². The highest BCUT2D eigenvalue weighted by Crippen LogP contribution is 2.27. The van der Waals surface area contributed by atoms with Crippen LogP contribution in [0.25, 0.3) is 0 Å². The van der Waals surface area contributed by atoms with E-state index in [2.05, 4.69) is 24.3 Å². The van der Waals surface area contributed by atoms with Crippen molar-refractivity contribution in [2.24, 2.45) is 0 Å². The van der Waals surface area contributed by atoms with Crippen LogP contribution >= 0.6 is 0 Å². The summed E-state index contributed by atoms with van der Waals surface area (Å²) >= 11 is 0. The monoisotopic (exact) mass is 224 g/mol. The molecule has 0 saturated carbocycles. The van der Waals surface area contributed by atoms with Gasteiger partial charge in [-0.3, -0.25) is 0 Å². The summed E-state index contributed by atoms with van der Waals surface area (Å²) in [6.45, 7) is 2.02. The molecule has 1 atom stereocenters. The van der Waals surface area contributed by atoms with Crippen molar-refractivity contribution in [1.82, 2.24) is 0 Å². The molecule has 0 aliphatic heterocycles. The van der Waals surface area contributed by atoms with Crippen molar-refractivity contribution in [2.45, 2.75) is 12.8 Å².